The van der Waals surface area contributed by atoms with E-state index in [0.717, 1.165) is 48.1 Å². The first kappa shape index (κ1) is 24.9. The van der Waals surface area contributed by atoms with Crippen LogP contribution >= 0.6 is 0 Å². The van der Waals surface area contributed by atoms with Crippen LogP contribution in [0, 0.1) is 20.8 Å². The average Bonchev–Trinajstić information content (AvgIpc) is 2.80. The van der Waals surface area contributed by atoms with E-state index in [2.05, 4.69) is 4.90 Å². The number of piperazine rings is 1. The van der Waals surface area contributed by atoms with Gasteiger partial charge in [-0.1, -0.05) is 55.2 Å². The number of para-hydroxylation sites is 1. The predicted octanol–water partition coefficient (Wildman–Crippen LogP) is 4.28. The van der Waals surface area contributed by atoms with Crippen LogP contribution in [-0.4, -0.2) is 62.3 Å². The molecule has 7 heteroatoms. The molecule has 34 heavy (non-hydrogen) atoms. The number of nitrogens with zero attached hydrogens (tertiary/aromatic N) is 3. The minimum Gasteiger partial charge on any atom is -0.308 e. The molecule has 0 N–H and O–H groups in total. The summed E-state index contributed by atoms with van der Waals surface area (Å²) in [6, 6.07) is 14.1. The summed E-state index contributed by atoms with van der Waals surface area (Å²) in [5.41, 5.74) is 3.62. The lowest BCUT2D eigenvalue weighted by Gasteiger charge is -2.38. The maximum Gasteiger partial charge on any atom is 0.243 e. The van der Waals surface area contributed by atoms with Crippen molar-refractivity contribution in [1.29, 1.82) is 0 Å². The monoisotopic (exact) mass is 483 g/mol. The molecule has 1 amide bonds. The van der Waals surface area contributed by atoms with Crippen molar-refractivity contribution in [2.75, 3.05) is 37.6 Å². The highest BCUT2D eigenvalue weighted by Gasteiger charge is 2.33. The predicted molar refractivity (Wildman–Crippen MR) is 137 cm³/mol. The first-order valence-corrected chi connectivity index (χ1v) is 13.9. The van der Waals surface area contributed by atoms with Gasteiger partial charge in [-0.05, 0) is 56.9 Å². The second kappa shape index (κ2) is 10.6. The minimum atomic E-state index is -3.56. The fourth-order valence-electron chi connectivity index (χ4n) is 5.58. The summed E-state index contributed by atoms with van der Waals surface area (Å²) in [6.07, 6.45) is 5.65. The Labute approximate surface area is 204 Å². The van der Waals surface area contributed by atoms with Gasteiger partial charge in [0, 0.05) is 37.9 Å². The molecule has 1 aliphatic heterocycles. The SMILES string of the molecule is Cc1cc(C)c(S(=O)(=O)N2CCN(CC(=O)N(c3ccccc3)C3CCCCC3)CC2)c(C)c1. The van der Waals surface area contributed by atoms with Crippen molar-refractivity contribution in [3.8, 4) is 0 Å². The number of carbonyl (C=O) groups excluding carboxylic acids is 1. The summed E-state index contributed by atoms with van der Waals surface area (Å²) in [4.78, 5) is 18.0. The molecule has 0 aromatic heterocycles. The molecule has 0 bridgehead atoms. The van der Waals surface area contributed by atoms with Gasteiger partial charge in [0.2, 0.25) is 15.9 Å². The van der Waals surface area contributed by atoms with Crippen LogP contribution < -0.4 is 4.90 Å². The molecule has 1 saturated carbocycles. The molecule has 4 rings (SSSR count). The summed E-state index contributed by atoms with van der Waals surface area (Å²) in [5, 5.41) is 0. The van der Waals surface area contributed by atoms with Crippen LogP contribution in [-0.2, 0) is 14.8 Å². The van der Waals surface area contributed by atoms with Gasteiger partial charge >= 0.3 is 0 Å². The first-order valence-electron chi connectivity index (χ1n) is 12.4. The van der Waals surface area contributed by atoms with E-state index in [0.29, 0.717) is 37.6 Å². The van der Waals surface area contributed by atoms with E-state index in [-0.39, 0.29) is 11.9 Å². The van der Waals surface area contributed by atoms with Crippen molar-refractivity contribution < 1.29 is 13.2 Å². The lowest BCUT2D eigenvalue weighted by Crippen LogP contribution is -2.53. The lowest BCUT2D eigenvalue weighted by atomic mass is 9.93. The fourth-order valence-corrected chi connectivity index (χ4v) is 7.42. The van der Waals surface area contributed by atoms with Crippen LogP contribution in [0.1, 0.15) is 48.8 Å². The zero-order chi connectivity index (χ0) is 24.3. The quantitative estimate of drug-likeness (QED) is 0.615. The van der Waals surface area contributed by atoms with E-state index in [9.17, 15) is 13.2 Å². The van der Waals surface area contributed by atoms with Crippen LogP contribution in [0.25, 0.3) is 0 Å². The summed E-state index contributed by atoms with van der Waals surface area (Å²) in [7, 11) is -3.56. The van der Waals surface area contributed by atoms with Crippen LogP contribution in [0.3, 0.4) is 0 Å². The highest BCUT2D eigenvalue weighted by Crippen LogP contribution is 2.29. The molecule has 2 fully saturated rings. The van der Waals surface area contributed by atoms with Gasteiger partial charge in [0.15, 0.2) is 0 Å². The molecule has 0 spiro atoms. The maximum atomic E-state index is 13.5. The number of hydrogen-bond acceptors (Lipinski definition) is 4. The average molecular weight is 484 g/mol. The van der Waals surface area contributed by atoms with E-state index in [4.69, 9.17) is 0 Å². The molecule has 0 unspecified atom stereocenters. The van der Waals surface area contributed by atoms with E-state index in [1.54, 1.807) is 4.31 Å². The van der Waals surface area contributed by atoms with Crippen molar-refractivity contribution in [1.82, 2.24) is 9.21 Å². The van der Waals surface area contributed by atoms with Crippen molar-refractivity contribution in [3.05, 3.63) is 59.2 Å². The van der Waals surface area contributed by atoms with E-state index in [1.165, 1.54) is 6.42 Å². The van der Waals surface area contributed by atoms with Gasteiger partial charge in [0.25, 0.3) is 0 Å². The lowest BCUT2D eigenvalue weighted by molar-refractivity contribution is -0.120. The Balaban J connectivity index is 1.43. The summed E-state index contributed by atoms with van der Waals surface area (Å²) in [6.45, 7) is 7.95. The van der Waals surface area contributed by atoms with E-state index < -0.39 is 10.0 Å². The zero-order valence-electron chi connectivity index (χ0n) is 20.7. The van der Waals surface area contributed by atoms with Gasteiger partial charge in [0.1, 0.15) is 0 Å². The summed E-state index contributed by atoms with van der Waals surface area (Å²) >= 11 is 0. The number of sulfonamides is 1. The topological polar surface area (TPSA) is 60.9 Å². The molecular weight excluding hydrogens is 446 g/mol. The van der Waals surface area contributed by atoms with Crippen molar-refractivity contribution in [3.63, 3.8) is 0 Å². The molecule has 1 saturated heterocycles. The van der Waals surface area contributed by atoms with Crippen LogP contribution in [0.15, 0.2) is 47.4 Å². The highest BCUT2D eigenvalue weighted by atomic mass is 32.2. The van der Waals surface area contributed by atoms with Crippen molar-refractivity contribution in [2.24, 2.45) is 0 Å². The molecule has 2 aromatic carbocycles. The van der Waals surface area contributed by atoms with Gasteiger partial charge < -0.3 is 4.90 Å². The van der Waals surface area contributed by atoms with Gasteiger partial charge in [-0.2, -0.15) is 4.31 Å². The number of rotatable bonds is 6. The molecule has 1 heterocycles. The number of aryl methyl sites for hydroxylation is 3. The number of anilines is 1. The third kappa shape index (κ3) is 5.37. The third-order valence-electron chi connectivity index (χ3n) is 7.14. The Morgan fingerprint density at radius 3 is 2.09 bits per heavy atom. The largest absolute Gasteiger partial charge is 0.308 e. The molecular formula is C27H37N3O3S. The second-order valence-electron chi connectivity index (χ2n) is 9.80. The molecule has 6 nitrogen and oxygen atoms in total. The number of amides is 1. The molecule has 1 aliphatic carbocycles. The van der Waals surface area contributed by atoms with Crippen molar-refractivity contribution >= 4 is 21.6 Å². The summed E-state index contributed by atoms with van der Waals surface area (Å²) < 4.78 is 28.4. The number of carbonyl (C=O) groups is 1. The fraction of sp³-hybridized carbons (Fsp3) is 0.519. The van der Waals surface area contributed by atoms with Gasteiger partial charge in [-0.15, -0.1) is 0 Å². The van der Waals surface area contributed by atoms with Crippen LogP contribution in [0.2, 0.25) is 0 Å². The standard InChI is InChI=1S/C27H37N3O3S/c1-21-18-22(2)27(23(3)19-21)34(32,33)29-16-14-28(15-17-29)20-26(31)30(24-10-6-4-7-11-24)25-12-8-5-9-13-25/h4,6-7,10-11,18-19,25H,5,8-9,12-17,20H2,1-3H3. The summed E-state index contributed by atoms with van der Waals surface area (Å²) in [5.74, 6) is 0.111. The Morgan fingerprint density at radius 1 is 0.912 bits per heavy atom. The smallest absolute Gasteiger partial charge is 0.243 e. The normalized spacial score (nSPS) is 18.7. The molecule has 2 aliphatic rings. The van der Waals surface area contributed by atoms with Crippen LogP contribution in [0.4, 0.5) is 5.69 Å². The molecule has 0 atom stereocenters. The van der Waals surface area contributed by atoms with Gasteiger partial charge in [-0.25, -0.2) is 8.42 Å². The Bertz CT molecular complexity index is 1080. The maximum absolute atomic E-state index is 13.5. The van der Waals surface area contributed by atoms with E-state index >= 15 is 0 Å². The van der Waals surface area contributed by atoms with Crippen LogP contribution in [0.5, 0.6) is 0 Å². The molecule has 0 radical (unpaired) electrons. The van der Waals surface area contributed by atoms with Gasteiger partial charge in [-0.3, -0.25) is 9.69 Å². The Hall–Kier alpha value is -2.22. The van der Waals surface area contributed by atoms with Gasteiger partial charge in [0.05, 0.1) is 11.4 Å². The Morgan fingerprint density at radius 2 is 1.50 bits per heavy atom. The van der Waals surface area contributed by atoms with Crippen molar-refractivity contribution in [2.45, 2.75) is 63.8 Å². The molecule has 2 aromatic rings. The highest BCUT2D eigenvalue weighted by molar-refractivity contribution is 7.89. The van der Waals surface area contributed by atoms with E-state index in [1.807, 2.05) is 68.1 Å². The zero-order valence-corrected chi connectivity index (χ0v) is 21.5. The minimum absolute atomic E-state index is 0.111. The number of benzene rings is 2. The molecule has 184 valence electrons. The third-order valence-corrected chi connectivity index (χ3v) is 9.34. The number of hydrogen-bond donors (Lipinski definition) is 0. The second-order valence-corrected chi connectivity index (χ2v) is 11.7. The Kier molecular flexibility index (Phi) is 7.75. The first-order chi connectivity index (χ1) is 16.3.